The van der Waals surface area contributed by atoms with Crippen molar-refractivity contribution in [3.63, 3.8) is 0 Å². The lowest BCUT2D eigenvalue weighted by Crippen LogP contribution is -2.42. The van der Waals surface area contributed by atoms with E-state index in [1.165, 1.54) is 4.90 Å². The number of pyridine rings is 1. The van der Waals surface area contributed by atoms with Crippen molar-refractivity contribution in [3.8, 4) is 0 Å². The summed E-state index contributed by atoms with van der Waals surface area (Å²) in [5.41, 5.74) is 3.43. The third-order valence-corrected chi connectivity index (χ3v) is 4.77. The Morgan fingerprint density at radius 3 is 2.70 bits per heavy atom. The molecule has 0 unspecified atom stereocenters. The van der Waals surface area contributed by atoms with Gasteiger partial charge < -0.3 is 15.5 Å². The van der Waals surface area contributed by atoms with Gasteiger partial charge >= 0.3 is 0 Å². The number of carbonyl (C=O) groups is 3. The lowest BCUT2D eigenvalue weighted by molar-refractivity contribution is -0.124. The van der Waals surface area contributed by atoms with Gasteiger partial charge in [0, 0.05) is 23.9 Å². The third kappa shape index (κ3) is 4.41. The Labute approximate surface area is 179 Å². The van der Waals surface area contributed by atoms with Gasteiger partial charge in [0.15, 0.2) is 0 Å². The molecule has 0 fully saturated rings. The van der Waals surface area contributed by atoms with Gasteiger partial charge in [-0.3, -0.25) is 19.4 Å². The van der Waals surface area contributed by atoms with Crippen molar-refractivity contribution >= 4 is 58.1 Å². The Kier molecular flexibility index (Phi) is 6.32. The number of aromatic nitrogens is 1. The first-order valence-electron chi connectivity index (χ1n) is 9.37. The number of halogens is 1. The molecule has 2 heterocycles. The van der Waals surface area contributed by atoms with Crippen molar-refractivity contribution in [1.29, 1.82) is 0 Å². The van der Waals surface area contributed by atoms with Crippen LogP contribution in [0.15, 0.2) is 54.6 Å². The van der Waals surface area contributed by atoms with Crippen molar-refractivity contribution in [2.24, 2.45) is 0 Å². The van der Waals surface area contributed by atoms with Crippen LogP contribution in [0.1, 0.15) is 18.5 Å². The Morgan fingerprint density at radius 1 is 1.07 bits per heavy atom. The number of amides is 3. The second kappa shape index (κ2) is 8.92. The molecule has 1 aliphatic rings. The largest absolute Gasteiger partial charge is 0.324 e. The molecule has 0 radical (unpaired) electrons. The van der Waals surface area contributed by atoms with Gasteiger partial charge in [-0.15, -0.1) is 12.4 Å². The van der Waals surface area contributed by atoms with Crippen molar-refractivity contribution in [2.45, 2.75) is 19.8 Å². The highest BCUT2D eigenvalue weighted by Gasteiger charge is 2.26. The van der Waals surface area contributed by atoms with Crippen molar-refractivity contribution in [2.75, 3.05) is 22.1 Å². The van der Waals surface area contributed by atoms with Crippen LogP contribution in [0.2, 0.25) is 0 Å². The summed E-state index contributed by atoms with van der Waals surface area (Å²) in [7, 11) is 0. The topological polar surface area (TPSA) is 91.4 Å². The predicted octanol–water partition coefficient (Wildman–Crippen LogP) is 3.67. The monoisotopic (exact) mass is 424 g/mol. The summed E-state index contributed by atoms with van der Waals surface area (Å²) >= 11 is 0. The zero-order valence-electron chi connectivity index (χ0n) is 16.3. The minimum Gasteiger partial charge on any atom is -0.324 e. The maximum atomic E-state index is 12.7. The summed E-state index contributed by atoms with van der Waals surface area (Å²) in [4.78, 5) is 42.9. The molecule has 0 saturated heterocycles. The van der Waals surface area contributed by atoms with Gasteiger partial charge in [0.1, 0.15) is 6.54 Å². The van der Waals surface area contributed by atoms with Crippen LogP contribution in [0, 0.1) is 6.92 Å². The summed E-state index contributed by atoms with van der Waals surface area (Å²) in [6, 6.07) is 16.6. The number of aryl methyl sites for hydroxylation is 1. The van der Waals surface area contributed by atoms with Crippen LogP contribution >= 0.6 is 12.4 Å². The first-order valence-corrected chi connectivity index (χ1v) is 9.37. The van der Waals surface area contributed by atoms with Crippen LogP contribution in [0.25, 0.3) is 10.9 Å². The number of para-hydroxylation sites is 3. The smallest absolute Gasteiger partial charge is 0.244 e. The zero-order valence-corrected chi connectivity index (χ0v) is 17.2. The second-order valence-corrected chi connectivity index (χ2v) is 6.92. The summed E-state index contributed by atoms with van der Waals surface area (Å²) in [5, 5.41) is 6.52. The third-order valence-electron chi connectivity index (χ3n) is 4.77. The molecule has 7 nitrogen and oxygen atoms in total. The fraction of sp³-hybridized carbons (Fsp3) is 0.182. The minimum absolute atomic E-state index is 0. The molecule has 3 amide bonds. The highest BCUT2D eigenvalue weighted by molar-refractivity contribution is 6.10. The normalized spacial score (nSPS) is 12.6. The molecule has 4 rings (SSSR count). The summed E-state index contributed by atoms with van der Waals surface area (Å²) in [6.45, 7) is 1.84. The Hall–Kier alpha value is -3.45. The summed E-state index contributed by atoms with van der Waals surface area (Å²) in [5.74, 6) is -0.794. The summed E-state index contributed by atoms with van der Waals surface area (Å²) < 4.78 is 0. The number of hydrogen-bond donors (Lipinski definition) is 2. The Bertz CT molecular complexity index is 1130. The molecule has 0 bridgehead atoms. The van der Waals surface area contributed by atoms with Crippen LogP contribution in [0.5, 0.6) is 0 Å². The SMILES string of the molecule is Cc1ccc2cccc(NC(=O)CCC(=O)N3CC(=O)Nc4ccccc43)c2n1.Cl. The number of nitrogens with one attached hydrogen (secondary N) is 2. The fourth-order valence-electron chi connectivity index (χ4n) is 3.37. The van der Waals surface area contributed by atoms with Gasteiger partial charge in [0.2, 0.25) is 17.7 Å². The van der Waals surface area contributed by atoms with E-state index in [9.17, 15) is 14.4 Å². The van der Waals surface area contributed by atoms with Gasteiger partial charge in [-0.2, -0.15) is 0 Å². The van der Waals surface area contributed by atoms with Gasteiger partial charge in [-0.25, -0.2) is 0 Å². The van der Waals surface area contributed by atoms with E-state index in [-0.39, 0.29) is 49.5 Å². The van der Waals surface area contributed by atoms with E-state index in [0.717, 1.165) is 11.1 Å². The highest BCUT2D eigenvalue weighted by atomic mass is 35.5. The molecule has 2 N–H and O–H groups in total. The van der Waals surface area contributed by atoms with Crippen LogP contribution < -0.4 is 15.5 Å². The Morgan fingerprint density at radius 2 is 1.87 bits per heavy atom. The van der Waals surface area contributed by atoms with E-state index in [0.29, 0.717) is 22.6 Å². The number of anilines is 3. The molecule has 0 spiro atoms. The van der Waals surface area contributed by atoms with Crippen molar-refractivity contribution in [3.05, 3.63) is 60.3 Å². The number of nitrogens with zero attached hydrogens (tertiary/aromatic N) is 2. The van der Waals surface area contributed by atoms with Gasteiger partial charge in [0.25, 0.3) is 0 Å². The number of benzene rings is 2. The van der Waals surface area contributed by atoms with Gasteiger partial charge in [-0.05, 0) is 31.2 Å². The van der Waals surface area contributed by atoms with E-state index in [2.05, 4.69) is 15.6 Å². The average Bonchev–Trinajstić information content (AvgIpc) is 2.71. The fourth-order valence-corrected chi connectivity index (χ4v) is 3.37. The average molecular weight is 425 g/mol. The Balaban J connectivity index is 0.00000256. The van der Waals surface area contributed by atoms with Crippen molar-refractivity contribution < 1.29 is 14.4 Å². The minimum atomic E-state index is -0.274. The lowest BCUT2D eigenvalue weighted by Gasteiger charge is -2.29. The standard InChI is InChI=1S/C22H20N4O3.ClH/c1-14-9-10-15-5-4-7-17(22(15)23-14)25-19(27)11-12-21(29)26-13-20(28)24-16-6-2-3-8-18(16)26;/h2-10H,11-13H2,1H3,(H,24,28)(H,25,27);1H. The summed E-state index contributed by atoms with van der Waals surface area (Å²) in [6.07, 6.45) is 0.0198. The van der Waals surface area contributed by atoms with Crippen LogP contribution in [0.3, 0.4) is 0 Å². The molecule has 0 saturated carbocycles. The molecule has 154 valence electrons. The lowest BCUT2D eigenvalue weighted by atomic mass is 10.1. The number of fused-ring (bicyclic) bond motifs is 2. The predicted molar refractivity (Wildman–Crippen MR) is 119 cm³/mol. The molecule has 3 aromatic rings. The van der Waals surface area contributed by atoms with E-state index in [4.69, 9.17) is 0 Å². The highest BCUT2D eigenvalue weighted by Crippen LogP contribution is 2.29. The molecule has 1 aromatic heterocycles. The maximum absolute atomic E-state index is 12.7. The first-order chi connectivity index (χ1) is 14.0. The number of carbonyl (C=O) groups excluding carboxylic acids is 3. The molecular weight excluding hydrogens is 404 g/mol. The van der Waals surface area contributed by atoms with Gasteiger partial charge in [0.05, 0.1) is 22.6 Å². The molecule has 0 atom stereocenters. The zero-order chi connectivity index (χ0) is 20.4. The van der Waals surface area contributed by atoms with E-state index < -0.39 is 0 Å². The van der Waals surface area contributed by atoms with E-state index in [1.807, 2.05) is 31.2 Å². The molecule has 30 heavy (non-hydrogen) atoms. The van der Waals surface area contributed by atoms with Crippen LogP contribution in [-0.4, -0.2) is 29.3 Å². The molecule has 2 aromatic carbocycles. The van der Waals surface area contributed by atoms with E-state index >= 15 is 0 Å². The second-order valence-electron chi connectivity index (χ2n) is 6.92. The molecule has 0 aliphatic carbocycles. The number of rotatable bonds is 4. The van der Waals surface area contributed by atoms with Crippen LogP contribution in [-0.2, 0) is 14.4 Å². The first kappa shape index (κ1) is 21.3. The molecule has 1 aliphatic heterocycles. The number of hydrogen-bond acceptors (Lipinski definition) is 4. The molecule has 8 heteroatoms. The maximum Gasteiger partial charge on any atom is 0.244 e. The van der Waals surface area contributed by atoms with Crippen LogP contribution in [0.4, 0.5) is 17.1 Å². The quantitative estimate of drug-likeness (QED) is 0.668. The van der Waals surface area contributed by atoms with Crippen molar-refractivity contribution in [1.82, 2.24) is 4.98 Å². The molecular formula is C22H21ClN4O3. The van der Waals surface area contributed by atoms with E-state index in [1.54, 1.807) is 30.3 Å². The van der Waals surface area contributed by atoms with Gasteiger partial charge in [-0.1, -0.05) is 30.3 Å².